The lowest BCUT2D eigenvalue weighted by Crippen LogP contribution is -2.21. The molecule has 0 aliphatic rings. The van der Waals surface area contributed by atoms with Crippen molar-refractivity contribution in [2.45, 2.75) is 26.3 Å². The van der Waals surface area contributed by atoms with Crippen LogP contribution in [0.2, 0.25) is 0 Å². The van der Waals surface area contributed by atoms with Gasteiger partial charge in [-0.3, -0.25) is 9.48 Å². The van der Waals surface area contributed by atoms with Crippen LogP contribution in [0.25, 0.3) is 0 Å². The number of carboxylic acid groups (broad SMARTS) is 1. The van der Waals surface area contributed by atoms with Gasteiger partial charge in [0.15, 0.2) is 0 Å². The zero-order valence-electron chi connectivity index (χ0n) is 11.2. The molecule has 0 fully saturated rings. The smallest absolute Gasteiger partial charge is 0.307 e. The fourth-order valence-corrected chi connectivity index (χ4v) is 2.55. The Morgan fingerprint density at radius 2 is 2.15 bits per heavy atom. The van der Waals surface area contributed by atoms with Crippen molar-refractivity contribution in [1.29, 1.82) is 0 Å². The van der Waals surface area contributed by atoms with Crippen molar-refractivity contribution in [2.75, 3.05) is 0 Å². The summed E-state index contributed by atoms with van der Waals surface area (Å²) in [6, 6.07) is 7.68. The predicted molar refractivity (Wildman–Crippen MR) is 78.4 cm³/mol. The summed E-state index contributed by atoms with van der Waals surface area (Å²) in [6.45, 7) is 2.65. The van der Waals surface area contributed by atoms with Gasteiger partial charge in [-0.1, -0.05) is 34.1 Å². The highest BCUT2D eigenvalue weighted by Gasteiger charge is 2.22. The van der Waals surface area contributed by atoms with Crippen LogP contribution in [0.3, 0.4) is 0 Å². The van der Waals surface area contributed by atoms with Gasteiger partial charge in [-0.15, -0.1) is 0 Å². The van der Waals surface area contributed by atoms with E-state index in [0.717, 1.165) is 10.0 Å². The zero-order valence-corrected chi connectivity index (χ0v) is 12.7. The van der Waals surface area contributed by atoms with Gasteiger partial charge in [0.1, 0.15) is 12.2 Å². The van der Waals surface area contributed by atoms with Gasteiger partial charge in [-0.2, -0.15) is 5.10 Å². The van der Waals surface area contributed by atoms with Gasteiger partial charge in [0.2, 0.25) is 0 Å². The first-order valence-corrected chi connectivity index (χ1v) is 7.24. The van der Waals surface area contributed by atoms with E-state index in [0.29, 0.717) is 25.2 Å². The Hall–Kier alpha value is -1.69. The van der Waals surface area contributed by atoms with Gasteiger partial charge in [0.05, 0.1) is 5.92 Å². The van der Waals surface area contributed by atoms with Crippen molar-refractivity contribution < 1.29 is 9.90 Å². The molecule has 0 saturated carbocycles. The van der Waals surface area contributed by atoms with Crippen molar-refractivity contribution in [3.8, 4) is 0 Å². The largest absolute Gasteiger partial charge is 0.481 e. The lowest BCUT2D eigenvalue weighted by atomic mass is 9.96. The molecule has 1 aromatic heterocycles. The molecule has 0 radical (unpaired) electrons. The number of aryl methyl sites for hydroxylation is 1. The Bertz CT molecular complexity index is 598. The summed E-state index contributed by atoms with van der Waals surface area (Å²) in [6.07, 6.45) is 2.31. The summed E-state index contributed by atoms with van der Waals surface area (Å²) >= 11 is 3.45. The van der Waals surface area contributed by atoms with Crippen LogP contribution in [0.1, 0.15) is 18.3 Å². The standard InChI is InChI=1S/C14H16BrN3O2/c1-2-18-13(16-9-17-18)8-11(14(19)20)7-10-5-3-4-6-12(10)15/h3-6,9,11H,2,7-8H2,1H3,(H,19,20). The fourth-order valence-electron chi connectivity index (χ4n) is 2.11. The molecule has 6 heteroatoms. The maximum Gasteiger partial charge on any atom is 0.307 e. The number of benzene rings is 1. The summed E-state index contributed by atoms with van der Waals surface area (Å²) < 4.78 is 2.67. The van der Waals surface area contributed by atoms with E-state index < -0.39 is 11.9 Å². The number of halogens is 1. The summed E-state index contributed by atoms with van der Waals surface area (Å²) in [4.78, 5) is 15.6. The third-order valence-corrected chi connectivity index (χ3v) is 3.97. The first-order chi connectivity index (χ1) is 9.61. The molecule has 1 atom stereocenters. The number of rotatable bonds is 6. The van der Waals surface area contributed by atoms with Gasteiger partial charge >= 0.3 is 5.97 Å². The molecule has 2 aromatic rings. The Morgan fingerprint density at radius 3 is 2.80 bits per heavy atom. The summed E-state index contributed by atoms with van der Waals surface area (Å²) in [5.74, 6) is -0.610. The average Bonchev–Trinajstić information content (AvgIpc) is 2.87. The molecule has 0 aliphatic heterocycles. The summed E-state index contributed by atoms with van der Waals surface area (Å²) in [7, 11) is 0. The van der Waals surface area contributed by atoms with Crippen LogP contribution in [-0.4, -0.2) is 25.8 Å². The molecule has 1 heterocycles. The van der Waals surface area contributed by atoms with E-state index in [2.05, 4.69) is 26.0 Å². The quantitative estimate of drug-likeness (QED) is 0.879. The number of hydrogen-bond donors (Lipinski definition) is 1. The summed E-state index contributed by atoms with van der Waals surface area (Å²) in [5.41, 5.74) is 0.988. The molecule has 1 unspecified atom stereocenters. The number of hydrogen-bond acceptors (Lipinski definition) is 3. The third-order valence-electron chi connectivity index (χ3n) is 3.20. The van der Waals surface area contributed by atoms with Crippen molar-refractivity contribution in [2.24, 2.45) is 5.92 Å². The molecule has 106 valence electrons. The van der Waals surface area contributed by atoms with Crippen LogP contribution in [0.4, 0.5) is 0 Å². The molecule has 0 aliphatic carbocycles. The minimum atomic E-state index is -0.814. The molecule has 0 saturated heterocycles. The number of aliphatic carboxylic acids is 1. The van der Waals surface area contributed by atoms with E-state index in [9.17, 15) is 9.90 Å². The molecule has 1 aromatic carbocycles. The van der Waals surface area contributed by atoms with E-state index in [1.165, 1.54) is 6.33 Å². The van der Waals surface area contributed by atoms with Crippen LogP contribution >= 0.6 is 15.9 Å². The molecular formula is C14H16BrN3O2. The molecule has 0 bridgehead atoms. The molecule has 0 spiro atoms. The minimum absolute atomic E-state index is 0.379. The van der Waals surface area contributed by atoms with Crippen LogP contribution in [0.5, 0.6) is 0 Å². The lowest BCUT2D eigenvalue weighted by Gasteiger charge is -2.13. The van der Waals surface area contributed by atoms with Gasteiger partial charge in [0, 0.05) is 17.4 Å². The Balaban J connectivity index is 2.16. The highest BCUT2D eigenvalue weighted by molar-refractivity contribution is 9.10. The molecule has 5 nitrogen and oxygen atoms in total. The highest BCUT2D eigenvalue weighted by Crippen LogP contribution is 2.21. The van der Waals surface area contributed by atoms with Crippen molar-refractivity contribution in [3.05, 3.63) is 46.5 Å². The van der Waals surface area contributed by atoms with E-state index in [4.69, 9.17) is 0 Å². The average molecular weight is 338 g/mol. The molecular weight excluding hydrogens is 322 g/mol. The Morgan fingerprint density at radius 1 is 1.40 bits per heavy atom. The first kappa shape index (κ1) is 14.7. The highest BCUT2D eigenvalue weighted by atomic mass is 79.9. The van der Waals surface area contributed by atoms with E-state index in [1.54, 1.807) is 4.68 Å². The second-order valence-electron chi connectivity index (χ2n) is 4.53. The monoisotopic (exact) mass is 337 g/mol. The Kier molecular flexibility index (Phi) is 4.89. The topological polar surface area (TPSA) is 68.0 Å². The number of carbonyl (C=O) groups is 1. The van der Waals surface area contributed by atoms with Gasteiger partial charge < -0.3 is 5.11 Å². The number of nitrogens with zero attached hydrogens (tertiary/aromatic N) is 3. The molecule has 20 heavy (non-hydrogen) atoms. The maximum absolute atomic E-state index is 11.5. The van der Waals surface area contributed by atoms with E-state index in [-0.39, 0.29) is 0 Å². The van der Waals surface area contributed by atoms with Crippen molar-refractivity contribution in [1.82, 2.24) is 14.8 Å². The second-order valence-corrected chi connectivity index (χ2v) is 5.38. The molecule has 1 N–H and O–H groups in total. The van der Waals surface area contributed by atoms with Crippen LogP contribution in [0.15, 0.2) is 35.1 Å². The normalized spacial score (nSPS) is 12.3. The SMILES string of the molecule is CCn1ncnc1CC(Cc1ccccc1Br)C(=O)O. The summed E-state index contributed by atoms with van der Waals surface area (Å²) in [5, 5.41) is 13.5. The van der Waals surface area contributed by atoms with E-state index in [1.807, 2.05) is 31.2 Å². The van der Waals surface area contributed by atoms with E-state index >= 15 is 0 Å². The van der Waals surface area contributed by atoms with Crippen LogP contribution in [0, 0.1) is 5.92 Å². The minimum Gasteiger partial charge on any atom is -0.481 e. The molecule has 0 amide bonds. The number of aromatic nitrogens is 3. The van der Waals surface area contributed by atoms with Gasteiger partial charge in [0.25, 0.3) is 0 Å². The van der Waals surface area contributed by atoms with Crippen LogP contribution in [-0.2, 0) is 24.2 Å². The zero-order chi connectivity index (χ0) is 14.5. The Labute approximate surface area is 125 Å². The molecule has 2 rings (SSSR count). The fraction of sp³-hybridized carbons (Fsp3) is 0.357. The van der Waals surface area contributed by atoms with Gasteiger partial charge in [-0.25, -0.2) is 4.98 Å². The maximum atomic E-state index is 11.5. The van der Waals surface area contributed by atoms with Crippen molar-refractivity contribution >= 4 is 21.9 Å². The van der Waals surface area contributed by atoms with Crippen molar-refractivity contribution in [3.63, 3.8) is 0 Å². The first-order valence-electron chi connectivity index (χ1n) is 6.44. The number of carboxylic acids is 1. The van der Waals surface area contributed by atoms with Crippen LogP contribution < -0.4 is 0 Å². The second kappa shape index (κ2) is 6.65. The third kappa shape index (κ3) is 3.45. The predicted octanol–water partition coefficient (Wildman–Crippen LogP) is 2.55. The lowest BCUT2D eigenvalue weighted by molar-refractivity contribution is -0.141. The van der Waals surface area contributed by atoms with Gasteiger partial charge in [-0.05, 0) is 25.0 Å².